The normalized spacial score (nSPS) is 19.6. The average Bonchev–Trinajstić information content (AvgIpc) is 2.82. The molecule has 1 aliphatic heterocycles. The molecule has 1 heterocycles. The number of likely N-dealkylation sites (tertiary alicyclic amines) is 1. The Morgan fingerprint density at radius 1 is 1.50 bits per heavy atom. The second kappa shape index (κ2) is 6.27. The number of hydrogen-bond donors (Lipinski definition) is 1. The smallest absolute Gasteiger partial charge is 0.121 e. The average molecular weight is 245 g/mol. The molecule has 0 amide bonds. The molecule has 1 aromatic carbocycles. The zero-order chi connectivity index (χ0) is 12.8. The van der Waals surface area contributed by atoms with Crippen LogP contribution in [0.2, 0.25) is 0 Å². The van der Waals surface area contributed by atoms with Crippen molar-refractivity contribution in [3.05, 3.63) is 24.3 Å². The van der Waals surface area contributed by atoms with Gasteiger partial charge in [-0.15, -0.1) is 0 Å². The number of benzene rings is 1. The van der Waals surface area contributed by atoms with Crippen molar-refractivity contribution in [2.24, 2.45) is 0 Å². The van der Waals surface area contributed by atoms with Gasteiger partial charge in [0, 0.05) is 18.3 Å². The van der Waals surface area contributed by atoms with Crippen molar-refractivity contribution in [3.63, 3.8) is 0 Å². The van der Waals surface area contributed by atoms with Crippen molar-refractivity contribution in [2.45, 2.75) is 25.3 Å². The highest BCUT2D eigenvalue weighted by Gasteiger charge is 2.23. The molecular formula is C14H19N3O. The number of nitrogen functional groups attached to an aromatic ring is 1. The van der Waals surface area contributed by atoms with Crippen LogP contribution in [0.25, 0.3) is 0 Å². The summed E-state index contributed by atoms with van der Waals surface area (Å²) in [6.07, 6.45) is 3.08. The number of ether oxygens (including phenoxy) is 1. The van der Waals surface area contributed by atoms with Gasteiger partial charge >= 0.3 is 0 Å². The molecule has 2 N–H and O–H groups in total. The molecule has 1 atom stereocenters. The molecule has 1 saturated heterocycles. The first-order valence-electron chi connectivity index (χ1n) is 6.41. The SMILES string of the molecule is N#CC1CCCN1CCCOc1cccc(N)c1. The molecule has 1 fully saturated rings. The molecular weight excluding hydrogens is 226 g/mol. The van der Waals surface area contributed by atoms with Crippen LogP contribution in [-0.4, -0.2) is 30.6 Å². The molecule has 1 aliphatic rings. The van der Waals surface area contributed by atoms with Crippen LogP contribution < -0.4 is 10.5 Å². The highest BCUT2D eigenvalue weighted by Crippen LogP contribution is 2.17. The summed E-state index contributed by atoms with van der Waals surface area (Å²) in [6.45, 7) is 2.63. The third-order valence-corrected chi connectivity index (χ3v) is 3.23. The van der Waals surface area contributed by atoms with Crippen LogP contribution in [-0.2, 0) is 0 Å². The Morgan fingerprint density at radius 3 is 3.17 bits per heavy atom. The number of hydrogen-bond acceptors (Lipinski definition) is 4. The first-order chi connectivity index (χ1) is 8.79. The molecule has 96 valence electrons. The lowest BCUT2D eigenvalue weighted by atomic mass is 10.2. The van der Waals surface area contributed by atoms with E-state index in [-0.39, 0.29) is 6.04 Å². The Kier molecular flexibility index (Phi) is 4.43. The van der Waals surface area contributed by atoms with Gasteiger partial charge in [-0.3, -0.25) is 4.90 Å². The molecule has 4 heteroatoms. The van der Waals surface area contributed by atoms with E-state index < -0.39 is 0 Å². The highest BCUT2D eigenvalue weighted by molar-refractivity contribution is 5.43. The first kappa shape index (κ1) is 12.7. The second-order valence-corrected chi connectivity index (χ2v) is 4.60. The van der Waals surface area contributed by atoms with Crippen LogP contribution >= 0.6 is 0 Å². The molecule has 2 rings (SSSR count). The Labute approximate surface area is 108 Å². The van der Waals surface area contributed by atoms with E-state index in [0.29, 0.717) is 6.61 Å². The summed E-state index contributed by atoms with van der Waals surface area (Å²) >= 11 is 0. The summed E-state index contributed by atoms with van der Waals surface area (Å²) in [5.74, 6) is 0.813. The summed E-state index contributed by atoms with van der Waals surface area (Å²) < 4.78 is 5.63. The minimum atomic E-state index is 0.109. The lowest BCUT2D eigenvalue weighted by Gasteiger charge is -2.18. The van der Waals surface area contributed by atoms with Crippen LogP contribution in [0.1, 0.15) is 19.3 Å². The molecule has 0 radical (unpaired) electrons. The van der Waals surface area contributed by atoms with Crippen molar-refractivity contribution >= 4 is 5.69 Å². The minimum absolute atomic E-state index is 0.109. The number of nitriles is 1. The first-order valence-corrected chi connectivity index (χ1v) is 6.41. The van der Waals surface area contributed by atoms with Crippen molar-refractivity contribution < 1.29 is 4.74 Å². The van der Waals surface area contributed by atoms with E-state index in [0.717, 1.165) is 43.8 Å². The summed E-state index contributed by atoms with van der Waals surface area (Å²) in [6, 6.07) is 9.92. The van der Waals surface area contributed by atoms with Crippen LogP contribution in [0.5, 0.6) is 5.75 Å². The molecule has 0 aliphatic carbocycles. The fourth-order valence-corrected chi connectivity index (χ4v) is 2.30. The van der Waals surface area contributed by atoms with E-state index in [1.807, 2.05) is 24.3 Å². The Bertz CT molecular complexity index is 427. The lowest BCUT2D eigenvalue weighted by Crippen LogP contribution is -2.29. The number of nitrogens with two attached hydrogens (primary N) is 1. The summed E-state index contributed by atoms with van der Waals surface area (Å²) in [4.78, 5) is 2.24. The Hall–Kier alpha value is -1.73. The third-order valence-electron chi connectivity index (χ3n) is 3.23. The van der Waals surface area contributed by atoms with E-state index in [1.54, 1.807) is 0 Å². The second-order valence-electron chi connectivity index (χ2n) is 4.60. The van der Waals surface area contributed by atoms with Gasteiger partial charge < -0.3 is 10.5 Å². The fourth-order valence-electron chi connectivity index (χ4n) is 2.30. The monoisotopic (exact) mass is 245 g/mol. The minimum Gasteiger partial charge on any atom is -0.493 e. The number of anilines is 1. The topological polar surface area (TPSA) is 62.3 Å². The van der Waals surface area contributed by atoms with E-state index in [2.05, 4.69) is 11.0 Å². The number of rotatable bonds is 5. The largest absolute Gasteiger partial charge is 0.493 e. The molecule has 0 aromatic heterocycles. The van der Waals surface area contributed by atoms with Gasteiger partial charge in [0.05, 0.1) is 18.7 Å². The van der Waals surface area contributed by atoms with Crippen molar-refractivity contribution in [1.82, 2.24) is 4.90 Å². The fraction of sp³-hybridized carbons (Fsp3) is 0.500. The third kappa shape index (κ3) is 3.38. The quantitative estimate of drug-likeness (QED) is 0.637. The molecule has 18 heavy (non-hydrogen) atoms. The summed E-state index contributed by atoms with van der Waals surface area (Å²) in [5.41, 5.74) is 6.39. The molecule has 0 spiro atoms. The molecule has 1 unspecified atom stereocenters. The Morgan fingerprint density at radius 2 is 2.39 bits per heavy atom. The molecule has 4 nitrogen and oxygen atoms in total. The number of nitrogens with zero attached hydrogens (tertiary/aromatic N) is 2. The summed E-state index contributed by atoms with van der Waals surface area (Å²) in [7, 11) is 0. The maximum atomic E-state index is 8.96. The predicted octanol–water partition coefficient (Wildman–Crippen LogP) is 2.03. The van der Waals surface area contributed by atoms with Gasteiger partial charge in [0.1, 0.15) is 5.75 Å². The van der Waals surface area contributed by atoms with Gasteiger partial charge in [-0.2, -0.15) is 5.26 Å². The van der Waals surface area contributed by atoms with E-state index in [9.17, 15) is 0 Å². The van der Waals surface area contributed by atoms with Gasteiger partial charge in [0.2, 0.25) is 0 Å². The summed E-state index contributed by atoms with van der Waals surface area (Å²) in [5, 5.41) is 8.96. The van der Waals surface area contributed by atoms with Crippen LogP contribution in [0.3, 0.4) is 0 Å². The standard InChI is InChI=1S/C14H19N3O/c15-11-13-5-2-7-17(13)8-3-9-18-14-6-1-4-12(16)10-14/h1,4,6,10,13H,2-3,5,7-9,16H2. The molecule has 0 saturated carbocycles. The maximum Gasteiger partial charge on any atom is 0.121 e. The van der Waals surface area contributed by atoms with Crippen molar-refractivity contribution in [3.8, 4) is 11.8 Å². The van der Waals surface area contributed by atoms with Crippen LogP contribution in [0, 0.1) is 11.3 Å². The van der Waals surface area contributed by atoms with Gasteiger partial charge in [0.15, 0.2) is 0 Å². The molecule has 1 aromatic rings. The molecule has 0 bridgehead atoms. The maximum absolute atomic E-state index is 8.96. The highest BCUT2D eigenvalue weighted by atomic mass is 16.5. The van der Waals surface area contributed by atoms with Crippen molar-refractivity contribution in [2.75, 3.05) is 25.4 Å². The van der Waals surface area contributed by atoms with Crippen LogP contribution in [0.4, 0.5) is 5.69 Å². The van der Waals surface area contributed by atoms with Gasteiger partial charge in [0.25, 0.3) is 0 Å². The zero-order valence-corrected chi connectivity index (χ0v) is 10.5. The van der Waals surface area contributed by atoms with E-state index in [1.165, 1.54) is 0 Å². The van der Waals surface area contributed by atoms with Gasteiger partial charge in [-0.05, 0) is 37.9 Å². The van der Waals surface area contributed by atoms with Gasteiger partial charge in [-0.1, -0.05) is 6.07 Å². The van der Waals surface area contributed by atoms with Crippen LogP contribution in [0.15, 0.2) is 24.3 Å². The van der Waals surface area contributed by atoms with E-state index >= 15 is 0 Å². The van der Waals surface area contributed by atoms with E-state index in [4.69, 9.17) is 15.7 Å². The predicted molar refractivity (Wildman–Crippen MR) is 71.2 cm³/mol. The lowest BCUT2D eigenvalue weighted by molar-refractivity contribution is 0.244. The van der Waals surface area contributed by atoms with Crippen molar-refractivity contribution in [1.29, 1.82) is 5.26 Å². The Balaban J connectivity index is 1.69. The van der Waals surface area contributed by atoms with Gasteiger partial charge in [-0.25, -0.2) is 0 Å². The zero-order valence-electron chi connectivity index (χ0n) is 10.5.